The molecule has 0 aliphatic heterocycles. The highest BCUT2D eigenvalue weighted by molar-refractivity contribution is 7.79. The number of benzene rings is 1. The summed E-state index contributed by atoms with van der Waals surface area (Å²) in [6.45, 7) is 0. The Kier molecular flexibility index (Phi) is 4.26. The summed E-state index contributed by atoms with van der Waals surface area (Å²) in [4.78, 5) is 21.9. The summed E-state index contributed by atoms with van der Waals surface area (Å²) in [5, 5.41) is 17.9. The fraction of sp³-hybridized carbons (Fsp3) is 0.200. The minimum atomic E-state index is -1.16. The van der Waals surface area contributed by atoms with E-state index >= 15 is 0 Å². The Balaban J connectivity index is 3.52. The first kappa shape index (κ1) is 12.9. The van der Waals surface area contributed by atoms with Crippen LogP contribution in [-0.2, 0) is 11.5 Å². The van der Waals surface area contributed by atoms with Crippen LogP contribution >= 0.6 is 25.3 Å². The van der Waals surface area contributed by atoms with Gasteiger partial charge in [-0.1, -0.05) is 0 Å². The van der Waals surface area contributed by atoms with Gasteiger partial charge in [0.05, 0.1) is 11.1 Å². The molecule has 16 heavy (non-hydrogen) atoms. The monoisotopic (exact) mass is 258 g/mol. The van der Waals surface area contributed by atoms with Crippen molar-refractivity contribution in [3.63, 3.8) is 0 Å². The second kappa shape index (κ2) is 5.27. The second-order valence-electron chi connectivity index (χ2n) is 3.10. The predicted molar refractivity (Wildman–Crippen MR) is 65.7 cm³/mol. The van der Waals surface area contributed by atoms with Crippen LogP contribution in [-0.4, -0.2) is 22.2 Å². The molecule has 0 saturated carbocycles. The predicted octanol–water partition coefficient (Wildman–Crippen LogP) is 1.94. The third kappa shape index (κ3) is 2.51. The Labute approximate surface area is 103 Å². The molecule has 0 aliphatic rings. The molecular formula is C10H10O4S2. The molecule has 1 aromatic carbocycles. The number of aromatic carboxylic acids is 2. The van der Waals surface area contributed by atoms with Gasteiger partial charge < -0.3 is 10.2 Å². The van der Waals surface area contributed by atoms with E-state index in [0.29, 0.717) is 5.56 Å². The van der Waals surface area contributed by atoms with Gasteiger partial charge in [0.25, 0.3) is 0 Å². The van der Waals surface area contributed by atoms with Crippen LogP contribution in [0.15, 0.2) is 12.1 Å². The Bertz CT molecular complexity index is 407. The first-order valence-electron chi connectivity index (χ1n) is 4.35. The molecule has 0 amide bonds. The van der Waals surface area contributed by atoms with Crippen molar-refractivity contribution in [1.29, 1.82) is 0 Å². The van der Waals surface area contributed by atoms with Crippen molar-refractivity contribution in [3.8, 4) is 0 Å². The number of carbonyl (C=O) groups is 2. The number of thiol groups is 2. The lowest BCUT2D eigenvalue weighted by Gasteiger charge is -2.09. The summed E-state index contributed by atoms with van der Waals surface area (Å²) in [5.74, 6) is -1.96. The molecule has 0 heterocycles. The number of carboxylic acid groups (broad SMARTS) is 2. The van der Waals surface area contributed by atoms with Gasteiger partial charge in [-0.15, -0.1) is 0 Å². The van der Waals surface area contributed by atoms with Crippen LogP contribution in [0.5, 0.6) is 0 Å². The zero-order chi connectivity index (χ0) is 12.3. The molecular weight excluding hydrogens is 248 g/mol. The van der Waals surface area contributed by atoms with Gasteiger partial charge in [-0.2, -0.15) is 25.3 Å². The van der Waals surface area contributed by atoms with Gasteiger partial charge in [-0.05, 0) is 23.3 Å². The van der Waals surface area contributed by atoms with Crippen molar-refractivity contribution in [3.05, 3.63) is 34.4 Å². The van der Waals surface area contributed by atoms with Crippen LogP contribution in [0.25, 0.3) is 0 Å². The first-order chi connectivity index (χ1) is 7.51. The topological polar surface area (TPSA) is 74.6 Å². The van der Waals surface area contributed by atoms with Crippen LogP contribution in [0.3, 0.4) is 0 Å². The van der Waals surface area contributed by atoms with Crippen molar-refractivity contribution in [2.24, 2.45) is 0 Å². The van der Waals surface area contributed by atoms with Gasteiger partial charge in [0.1, 0.15) is 0 Å². The van der Waals surface area contributed by atoms with E-state index in [0.717, 1.165) is 0 Å². The van der Waals surface area contributed by atoms with Crippen LogP contribution < -0.4 is 0 Å². The zero-order valence-corrected chi connectivity index (χ0v) is 9.96. The lowest BCUT2D eigenvalue weighted by atomic mass is 9.99. The quantitative estimate of drug-likeness (QED) is 0.623. The van der Waals surface area contributed by atoms with Gasteiger partial charge in [-0.3, -0.25) is 0 Å². The highest BCUT2D eigenvalue weighted by Gasteiger charge is 2.18. The fourth-order valence-corrected chi connectivity index (χ4v) is 1.90. The standard InChI is InChI=1S/C10H10O4S2/c11-9(12)6-1-5(3-15)2-7(10(13)14)8(6)4-16/h1-2,15-16H,3-4H2,(H,11,12)(H,13,14). The van der Waals surface area contributed by atoms with Gasteiger partial charge in [0.15, 0.2) is 0 Å². The molecule has 0 bridgehead atoms. The summed E-state index contributed by atoms with van der Waals surface area (Å²) >= 11 is 7.96. The molecule has 6 heteroatoms. The average molecular weight is 258 g/mol. The van der Waals surface area contributed by atoms with Crippen molar-refractivity contribution in [2.75, 3.05) is 0 Å². The summed E-state index contributed by atoms with van der Waals surface area (Å²) in [5.41, 5.74) is 0.718. The normalized spacial score (nSPS) is 10.1. The van der Waals surface area contributed by atoms with E-state index in [4.69, 9.17) is 10.2 Å². The largest absolute Gasteiger partial charge is 0.478 e. The summed E-state index contributed by atoms with van der Waals surface area (Å²) in [6, 6.07) is 2.85. The molecule has 0 saturated heterocycles. The van der Waals surface area contributed by atoms with E-state index in [-0.39, 0.29) is 28.2 Å². The van der Waals surface area contributed by atoms with Crippen LogP contribution in [0.1, 0.15) is 31.8 Å². The number of rotatable bonds is 4. The number of hydrogen-bond donors (Lipinski definition) is 4. The van der Waals surface area contributed by atoms with Gasteiger partial charge in [0.2, 0.25) is 0 Å². The van der Waals surface area contributed by atoms with Crippen molar-refractivity contribution >= 4 is 37.2 Å². The number of carboxylic acids is 2. The smallest absolute Gasteiger partial charge is 0.336 e. The fourth-order valence-electron chi connectivity index (χ4n) is 1.38. The highest BCUT2D eigenvalue weighted by Crippen LogP contribution is 2.21. The van der Waals surface area contributed by atoms with Gasteiger partial charge in [0, 0.05) is 11.5 Å². The molecule has 0 aromatic heterocycles. The Morgan fingerprint density at radius 3 is 1.69 bits per heavy atom. The molecule has 0 atom stereocenters. The van der Waals surface area contributed by atoms with E-state index in [1.165, 1.54) is 12.1 Å². The average Bonchev–Trinajstić information content (AvgIpc) is 2.26. The zero-order valence-electron chi connectivity index (χ0n) is 8.17. The molecule has 4 nitrogen and oxygen atoms in total. The SMILES string of the molecule is O=C(O)c1cc(CS)cc(C(=O)O)c1CS. The summed E-state index contributed by atoms with van der Waals surface area (Å²) in [6.07, 6.45) is 0. The maximum atomic E-state index is 11.0. The van der Waals surface area contributed by atoms with E-state index in [9.17, 15) is 9.59 Å². The van der Waals surface area contributed by atoms with Crippen LogP contribution in [0.2, 0.25) is 0 Å². The second-order valence-corrected chi connectivity index (χ2v) is 3.73. The minimum Gasteiger partial charge on any atom is -0.478 e. The van der Waals surface area contributed by atoms with Crippen molar-refractivity contribution in [2.45, 2.75) is 11.5 Å². The molecule has 1 rings (SSSR count). The van der Waals surface area contributed by atoms with E-state index in [1.807, 2.05) is 0 Å². The van der Waals surface area contributed by atoms with Crippen molar-refractivity contribution < 1.29 is 19.8 Å². The Morgan fingerprint density at radius 2 is 1.44 bits per heavy atom. The van der Waals surface area contributed by atoms with E-state index < -0.39 is 11.9 Å². The summed E-state index contributed by atoms with van der Waals surface area (Å²) < 4.78 is 0. The summed E-state index contributed by atoms with van der Waals surface area (Å²) in [7, 11) is 0. The van der Waals surface area contributed by atoms with Gasteiger partial charge >= 0.3 is 11.9 Å². The number of hydrogen-bond acceptors (Lipinski definition) is 4. The Morgan fingerprint density at radius 1 is 1.00 bits per heavy atom. The molecule has 0 fully saturated rings. The molecule has 1 aromatic rings. The lowest BCUT2D eigenvalue weighted by molar-refractivity contribution is 0.0696. The third-order valence-corrected chi connectivity index (χ3v) is 2.79. The van der Waals surface area contributed by atoms with E-state index in [1.54, 1.807) is 0 Å². The molecule has 0 aliphatic carbocycles. The molecule has 0 radical (unpaired) electrons. The molecule has 2 N–H and O–H groups in total. The first-order valence-corrected chi connectivity index (χ1v) is 5.61. The van der Waals surface area contributed by atoms with Gasteiger partial charge in [-0.25, -0.2) is 9.59 Å². The lowest BCUT2D eigenvalue weighted by Crippen LogP contribution is -2.10. The van der Waals surface area contributed by atoms with Crippen LogP contribution in [0.4, 0.5) is 0 Å². The molecule has 0 spiro atoms. The molecule has 86 valence electrons. The Hall–Kier alpha value is -1.14. The van der Waals surface area contributed by atoms with Crippen molar-refractivity contribution in [1.82, 2.24) is 0 Å². The maximum absolute atomic E-state index is 11.0. The third-order valence-electron chi connectivity index (χ3n) is 2.11. The molecule has 0 unspecified atom stereocenters. The van der Waals surface area contributed by atoms with Crippen LogP contribution in [0, 0.1) is 0 Å². The maximum Gasteiger partial charge on any atom is 0.336 e. The minimum absolute atomic E-state index is 0.0287. The van der Waals surface area contributed by atoms with E-state index in [2.05, 4.69) is 25.3 Å². The highest BCUT2D eigenvalue weighted by atomic mass is 32.1.